The van der Waals surface area contributed by atoms with Crippen molar-refractivity contribution in [2.24, 2.45) is 0 Å². The standard InChI is InChI=1S/C17H18Cl2O3/c1-11-16(20)13(8-10-15(18)19)14(22-17(11)21)9-7-12-5-3-2-4-6-12/h2-6,15,20H,7-10H2,1H3. The SMILES string of the molecule is Cc1c(O)c(CCC(Cl)Cl)c(CCc2ccccc2)oc1=O. The highest BCUT2D eigenvalue weighted by molar-refractivity contribution is 6.44. The molecule has 0 saturated carbocycles. The van der Waals surface area contributed by atoms with E-state index in [4.69, 9.17) is 27.6 Å². The van der Waals surface area contributed by atoms with E-state index >= 15 is 0 Å². The Morgan fingerprint density at radius 3 is 2.45 bits per heavy atom. The average Bonchev–Trinajstić information content (AvgIpc) is 2.50. The van der Waals surface area contributed by atoms with Crippen molar-refractivity contribution in [2.75, 3.05) is 0 Å². The highest BCUT2D eigenvalue weighted by atomic mass is 35.5. The summed E-state index contributed by atoms with van der Waals surface area (Å²) in [5, 5.41) is 10.2. The van der Waals surface area contributed by atoms with Crippen LogP contribution in [0.25, 0.3) is 0 Å². The summed E-state index contributed by atoms with van der Waals surface area (Å²) < 4.78 is 5.37. The van der Waals surface area contributed by atoms with Gasteiger partial charge in [0.1, 0.15) is 16.3 Å². The van der Waals surface area contributed by atoms with Gasteiger partial charge in [0.25, 0.3) is 0 Å². The summed E-state index contributed by atoms with van der Waals surface area (Å²) in [6.07, 6.45) is 2.22. The van der Waals surface area contributed by atoms with Crippen molar-refractivity contribution in [1.29, 1.82) is 0 Å². The van der Waals surface area contributed by atoms with E-state index in [9.17, 15) is 9.90 Å². The molecule has 2 aromatic rings. The molecule has 0 aliphatic carbocycles. The molecule has 2 rings (SSSR count). The Morgan fingerprint density at radius 1 is 1.14 bits per heavy atom. The highest BCUT2D eigenvalue weighted by Gasteiger charge is 2.17. The lowest BCUT2D eigenvalue weighted by atomic mass is 10.0. The van der Waals surface area contributed by atoms with E-state index in [1.165, 1.54) is 0 Å². The number of rotatable bonds is 6. The van der Waals surface area contributed by atoms with Crippen molar-refractivity contribution in [3.63, 3.8) is 0 Å². The van der Waals surface area contributed by atoms with Crippen molar-refractivity contribution in [2.45, 2.75) is 37.4 Å². The van der Waals surface area contributed by atoms with Crippen molar-refractivity contribution >= 4 is 23.2 Å². The van der Waals surface area contributed by atoms with E-state index in [1.807, 2.05) is 30.3 Å². The molecule has 5 heteroatoms. The molecule has 118 valence electrons. The van der Waals surface area contributed by atoms with Gasteiger partial charge < -0.3 is 9.52 Å². The van der Waals surface area contributed by atoms with E-state index < -0.39 is 10.5 Å². The summed E-state index contributed by atoms with van der Waals surface area (Å²) in [4.78, 5) is 11.3. The first kappa shape index (κ1) is 16.9. The number of halogens is 2. The van der Waals surface area contributed by atoms with Gasteiger partial charge in [-0.05, 0) is 31.7 Å². The zero-order valence-electron chi connectivity index (χ0n) is 12.3. The zero-order valence-corrected chi connectivity index (χ0v) is 13.8. The van der Waals surface area contributed by atoms with Gasteiger partial charge in [0.15, 0.2) is 0 Å². The van der Waals surface area contributed by atoms with Crippen molar-refractivity contribution in [1.82, 2.24) is 0 Å². The van der Waals surface area contributed by atoms with E-state index in [0.29, 0.717) is 30.6 Å². The minimum absolute atomic E-state index is 0.00621. The van der Waals surface area contributed by atoms with Gasteiger partial charge in [0, 0.05) is 12.0 Å². The van der Waals surface area contributed by atoms with Crippen LogP contribution in [0.15, 0.2) is 39.5 Å². The van der Waals surface area contributed by atoms with Gasteiger partial charge in [0.05, 0.1) is 5.56 Å². The first-order valence-corrected chi connectivity index (χ1v) is 8.02. The van der Waals surface area contributed by atoms with Crippen molar-refractivity contribution in [3.05, 3.63) is 63.2 Å². The Labute approximate surface area is 139 Å². The number of benzene rings is 1. The number of hydrogen-bond donors (Lipinski definition) is 1. The normalized spacial score (nSPS) is 11.1. The fourth-order valence-electron chi connectivity index (χ4n) is 2.32. The van der Waals surface area contributed by atoms with Crippen LogP contribution in [0.3, 0.4) is 0 Å². The third kappa shape index (κ3) is 4.28. The average molecular weight is 341 g/mol. The fourth-order valence-corrected chi connectivity index (χ4v) is 2.54. The largest absolute Gasteiger partial charge is 0.507 e. The molecule has 0 saturated heterocycles. The minimum Gasteiger partial charge on any atom is -0.507 e. The Bertz CT molecular complexity index is 678. The molecule has 1 heterocycles. The van der Waals surface area contributed by atoms with Crippen LogP contribution in [0.1, 0.15) is 28.9 Å². The van der Waals surface area contributed by atoms with Crippen LogP contribution in [-0.2, 0) is 19.3 Å². The molecule has 0 fully saturated rings. The highest BCUT2D eigenvalue weighted by Crippen LogP contribution is 2.27. The third-order valence-electron chi connectivity index (χ3n) is 3.60. The summed E-state index contributed by atoms with van der Waals surface area (Å²) in [6, 6.07) is 9.90. The van der Waals surface area contributed by atoms with Crippen LogP contribution in [0.2, 0.25) is 0 Å². The van der Waals surface area contributed by atoms with Gasteiger partial charge in [-0.25, -0.2) is 4.79 Å². The van der Waals surface area contributed by atoms with E-state index in [1.54, 1.807) is 6.92 Å². The van der Waals surface area contributed by atoms with Crippen LogP contribution < -0.4 is 5.63 Å². The maximum Gasteiger partial charge on any atom is 0.342 e. The molecule has 3 nitrogen and oxygen atoms in total. The molecule has 1 N–H and O–H groups in total. The minimum atomic E-state index is -0.520. The Morgan fingerprint density at radius 2 is 1.82 bits per heavy atom. The Kier molecular flexibility index (Phi) is 5.92. The van der Waals surface area contributed by atoms with Gasteiger partial charge in [-0.3, -0.25) is 0 Å². The van der Waals surface area contributed by atoms with Gasteiger partial charge in [0.2, 0.25) is 0 Å². The summed E-state index contributed by atoms with van der Waals surface area (Å²) in [6.45, 7) is 1.55. The number of aryl methyl sites for hydroxylation is 2. The molecule has 22 heavy (non-hydrogen) atoms. The van der Waals surface area contributed by atoms with Crippen molar-refractivity contribution in [3.8, 4) is 5.75 Å². The predicted octanol–water partition coefficient (Wildman–Crippen LogP) is 4.18. The Hall–Kier alpha value is -1.45. The van der Waals surface area contributed by atoms with Crippen LogP contribution in [-0.4, -0.2) is 9.94 Å². The zero-order chi connectivity index (χ0) is 16.1. The first-order chi connectivity index (χ1) is 10.5. The van der Waals surface area contributed by atoms with E-state index in [-0.39, 0.29) is 11.3 Å². The van der Waals surface area contributed by atoms with Crippen molar-refractivity contribution < 1.29 is 9.52 Å². The lowest BCUT2D eigenvalue weighted by Gasteiger charge is -2.12. The van der Waals surface area contributed by atoms with E-state index in [0.717, 1.165) is 12.0 Å². The molecule has 0 aliphatic heterocycles. The number of alkyl halides is 2. The molecular formula is C17H18Cl2O3. The smallest absolute Gasteiger partial charge is 0.342 e. The van der Waals surface area contributed by atoms with Gasteiger partial charge >= 0.3 is 5.63 Å². The first-order valence-electron chi connectivity index (χ1n) is 7.15. The molecule has 0 bridgehead atoms. The molecular weight excluding hydrogens is 323 g/mol. The second-order valence-corrected chi connectivity index (χ2v) is 6.46. The monoisotopic (exact) mass is 340 g/mol. The quantitative estimate of drug-likeness (QED) is 0.802. The maximum atomic E-state index is 11.8. The molecule has 0 aliphatic rings. The molecule has 0 spiro atoms. The molecule has 0 radical (unpaired) electrons. The summed E-state index contributed by atoms with van der Waals surface area (Å²) in [5.41, 5.74) is 1.49. The predicted molar refractivity (Wildman–Crippen MR) is 89.0 cm³/mol. The van der Waals surface area contributed by atoms with E-state index in [2.05, 4.69) is 0 Å². The van der Waals surface area contributed by atoms with Crippen LogP contribution in [0.4, 0.5) is 0 Å². The van der Waals surface area contributed by atoms with Gasteiger partial charge in [-0.1, -0.05) is 30.3 Å². The van der Waals surface area contributed by atoms with Crippen LogP contribution in [0, 0.1) is 6.92 Å². The topological polar surface area (TPSA) is 50.4 Å². The molecule has 0 atom stereocenters. The number of aromatic hydroxyl groups is 1. The van der Waals surface area contributed by atoms with Gasteiger partial charge in [-0.2, -0.15) is 0 Å². The lowest BCUT2D eigenvalue weighted by molar-refractivity contribution is 0.404. The molecule has 1 aromatic heterocycles. The summed E-state index contributed by atoms with van der Waals surface area (Å²) >= 11 is 11.5. The lowest BCUT2D eigenvalue weighted by Crippen LogP contribution is -2.11. The molecule has 0 unspecified atom stereocenters. The number of hydrogen-bond acceptors (Lipinski definition) is 3. The summed E-state index contributed by atoms with van der Waals surface area (Å²) in [5.74, 6) is 0.499. The Balaban J connectivity index is 2.26. The van der Waals surface area contributed by atoms with Gasteiger partial charge in [-0.15, -0.1) is 23.2 Å². The fraction of sp³-hybridized carbons (Fsp3) is 0.353. The van der Waals surface area contributed by atoms with Crippen LogP contribution >= 0.6 is 23.2 Å². The van der Waals surface area contributed by atoms with Crippen LogP contribution in [0.5, 0.6) is 5.75 Å². The molecule has 1 aromatic carbocycles. The second-order valence-electron chi connectivity index (χ2n) is 5.18. The summed E-state index contributed by atoms with van der Waals surface area (Å²) in [7, 11) is 0. The third-order valence-corrected chi connectivity index (χ3v) is 4.03. The maximum absolute atomic E-state index is 11.8. The molecule has 0 amide bonds. The second kappa shape index (κ2) is 7.70.